The summed E-state index contributed by atoms with van der Waals surface area (Å²) in [6, 6.07) is 7.65. The van der Waals surface area contributed by atoms with E-state index in [2.05, 4.69) is 20.2 Å². The summed E-state index contributed by atoms with van der Waals surface area (Å²) in [4.78, 5) is 24.4. The van der Waals surface area contributed by atoms with Crippen LogP contribution >= 0.6 is 0 Å². The molecule has 0 saturated carbocycles. The van der Waals surface area contributed by atoms with Gasteiger partial charge in [-0.2, -0.15) is 0 Å². The number of aromatic nitrogens is 2. The van der Waals surface area contributed by atoms with E-state index in [1.807, 2.05) is 38.2 Å². The van der Waals surface area contributed by atoms with Gasteiger partial charge in [0.2, 0.25) is 0 Å². The molecule has 0 bridgehead atoms. The van der Waals surface area contributed by atoms with Gasteiger partial charge >= 0.3 is 6.03 Å². The summed E-state index contributed by atoms with van der Waals surface area (Å²) in [5.74, 6) is 0.778. The summed E-state index contributed by atoms with van der Waals surface area (Å²) in [6.45, 7) is 7.49. The molecular formula is C19H29N5O2. The van der Waals surface area contributed by atoms with Crippen LogP contribution in [0.2, 0.25) is 0 Å². The van der Waals surface area contributed by atoms with Gasteiger partial charge in [-0.3, -0.25) is 4.90 Å². The first-order valence-corrected chi connectivity index (χ1v) is 9.40. The van der Waals surface area contributed by atoms with Crippen molar-refractivity contribution >= 4 is 17.1 Å². The zero-order chi connectivity index (χ0) is 18.4. The molecule has 1 aliphatic heterocycles. The number of morpholine rings is 1. The second-order valence-electron chi connectivity index (χ2n) is 6.89. The number of hydrogen-bond acceptors (Lipinski definition) is 4. The molecule has 142 valence electrons. The molecule has 3 rings (SSSR count). The molecule has 1 fully saturated rings. The van der Waals surface area contributed by atoms with Crippen molar-refractivity contribution in [2.75, 3.05) is 46.4 Å². The predicted molar refractivity (Wildman–Crippen MR) is 102 cm³/mol. The van der Waals surface area contributed by atoms with Gasteiger partial charge in [0, 0.05) is 26.7 Å². The van der Waals surface area contributed by atoms with Crippen LogP contribution in [0.25, 0.3) is 11.0 Å². The third-order valence-corrected chi connectivity index (χ3v) is 4.83. The lowest BCUT2D eigenvalue weighted by Gasteiger charge is -2.27. The van der Waals surface area contributed by atoms with Crippen LogP contribution in [0, 0.1) is 0 Å². The minimum atomic E-state index is -0.161. The molecule has 2 amide bonds. The summed E-state index contributed by atoms with van der Waals surface area (Å²) >= 11 is 0. The van der Waals surface area contributed by atoms with Gasteiger partial charge in [-0.25, -0.2) is 9.78 Å². The van der Waals surface area contributed by atoms with Crippen LogP contribution < -0.4 is 5.32 Å². The van der Waals surface area contributed by atoms with Gasteiger partial charge in [0.25, 0.3) is 0 Å². The molecule has 0 spiro atoms. The van der Waals surface area contributed by atoms with Gasteiger partial charge in [0.1, 0.15) is 5.82 Å². The minimum Gasteiger partial charge on any atom is -0.379 e. The molecule has 1 saturated heterocycles. The Morgan fingerprint density at radius 3 is 2.88 bits per heavy atom. The first kappa shape index (κ1) is 18.7. The van der Waals surface area contributed by atoms with Crippen molar-refractivity contribution in [1.29, 1.82) is 0 Å². The molecule has 7 nitrogen and oxygen atoms in total. The normalized spacial score (nSPS) is 16.5. The monoisotopic (exact) mass is 359 g/mol. The lowest BCUT2D eigenvalue weighted by molar-refractivity contribution is 0.0370. The van der Waals surface area contributed by atoms with E-state index in [0.717, 1.165) is 69.1 Å². The number of carbonyl (C=O) groups excluding carboxylic acids is 1. The quantitative estimate of drug-likeness (QED) is 0.745. The maximum atomic E-state index is 12.4. The van der Waals surface area contributed by atoms with E-state index in [4.69, 9.17) is 4.74 Å². The average molecular weight is 359 g/mol. The molecule has 2 aromatic rings. The summed E-state index contributed by atoms with van der Waals surface area (Å²) in [5, 5.41) is 3.01. The van der Waals surface area contributed by atoms with Crippen LogP contribution in [-0.4, -0.2) is 72.2 Å². The first-order chi connectivity index (χ1) is 12.6. The molecule has 0 radical (unpaired) electrons. The van der Waals surface area contributed by atoms with Crippen LogP contribution in [-0.2, 0) is 4.74 Å². The van der Waals surface area contributed by atoms with E-state index < -0.39 is 0 Å². The van der Waals surface area contributed by atoms with Crippen molar-refractivity contribution in [2.45, 2.75) is 25.8 Å². The number of para-hydroxylation sites is 2. The summed E-state index contributed by atoms with van der Waals surface area (Å²) in [7, 11) is 1.84. The Labute approximate surface area is 154 Å². The van der Waals surface area contributed by atoms with Gasteiger partial charge < -0.3 is 19.9 Å². The molecular weight excluding hydrogens is 330 g/mol. The van der Waals surface area contributed by atoms with Gasteiger partial charge in [0.05, 0.1) is 30.3 Å². The highest BCUT2D eigenvalue weighted by Gasteiger charge is 2.16. The van der Waals surface area contributed by atoms with E-state index in [1.54, 1.807) is 4.90 Å². The number of rotatable bonds is 7. The smallest absolute Gasteiger partial charge is 0.317 e. The molecule has 7 heteroatoms. The fourth-order valence-electron chi connectivity index (χ4n) is 3.15. The molecule has 26 heavy (non-hydrogen) atoms. The van der Waals surface area contributed by atoms with Crippen LogP contribution in [0.3, 0.4) is 0 Å². The van der Waals surface area contributed by atoms with Crippen molar-refractivity contribution in [1.82, 2.24) is 25.1 Å². The van der Waals surface area contributed by atoms with E-state index in [0.29, 0.717) is 0 Å². The number of urea groups is 1. The number of nitrogens with zero attached hydrogens (tertiary/aromatic N) is 3. The van der Waals surface area contributed by atoms with E-state index >= 15 is 0 Å². The summed E-state index contributed by atoms with van der Waals surface area (Å²) < 4.78 is 5.36. The van der Waals surface area contributed by atoms with Gasteiger partial charge in [-0.1, -0.05) is 12.1 Å². The third kappa shape index (κ3) is 4.95. The highest BCUT2D eigenvalue weighted by Crippen LogP contribution is 2.15. The highest BCUT2D eigenvalue weighted by molar-refractivity contribution is 5.76. The van der Waals surface area contributed by atoms with Crippen LogP contribution in [0.15, 0.2) is 24.3 Å². The number of aromatic amines is 1. The van der Waals surface area contributed by atoms with Crippen molar-refractivity contribution in [3.63, 3.8) is 0 Å². The Balaban J connectivity index is 1.40. The van der Waals surface area contributed by atoms with Crippen molar-refractivity contribution in [3.05, 3.63) is 30.1 Å². The topological polar surface area (TPSA) is 73.5 Å². The molecule has 1 atom stereocenters. The number of imidazole rings is 1. The lowest BCUT2D eigenvalue weighted by atomic mass is 10.2. The lowest BCUT2D eigenvalue weighted by Crippen LogP contribution is -2.40. The maximum Gasteiger partial charge on any atom is 0.317 e. The minimum absolute atomic E-state index is 0.0654. The van der Waals surface area contributed by atoms with Gasteiger partial charge in [0.15, 0.2) is 0 Å². The Hall–Kier alpha value is -2.12. The Morgan fingerprint density at radius 2 is 2.12 bits per heavy atom. The summed E-state index contributed by atoms with van der Waals surface area (Å²) in [5.41, 5.74) is 1.90. The average Bonchev–Trinajstić information content (AvgIpc) is 3.10. The van der Waals surface area contributed by atoms with E-state index in [-0.39, 0.29) is 12.1 Å². The van der Waals surface area contributed by atoms with Crippen LogP contribution in [0.1, 0.15) is 31.6 Å². The second-order valence-corrected chi connectivity index (χ2v) is 6.89. The largest absolute Gasteiger partial charge is 0.379 e. The molecule has 1 aromatic heterocycles. The molecule has 0 unspecified atom stereocenters. The van der Waals surface area contributed by atoms with Crippen LogP contribution in [0.5, 0.6) is 0 Å². The van der Waals surface area contributed by atoms with Crippen molar-refractivity contribution in [3.8, 4) is 0 Å². The fraction of sp³-hybridized carbons (Fsp3) is 0.579. The number of H-pyrrole nitrogens is 1. The highest BCUT2D eigenvalue weighted by atomic mass is 16.5. The van der Waals surface area contributed by atoms with Crippen molar-refractivity contribution < 1.29 is 9.53 Å². The van der Waals surface area contributed by atoms with Gasteiger partial charge in [-0.15, -0.1) is 0 Å². The Bertz CT molecular complexity index is 678. The zero-order valence-corrected chi connectivity index (χ0v) is 15.7. The number of carbonyl (C=O) groups is 1. The Morgan fingerprint density at radius 1 is 1.35 bits per heavy atom. The fourth-order valence-corrected chi connectivity index (χ4v) is 3.15. The first-order valence-electron chi connectivity index (χ1n) is 9.40. The number of amides is 2. The second kappa shape index (κ2) is 9.00. The van der Waals surface area contributed by atoms with Crippen LogP contribution in [0.4, 0.5) is 4.79 Å². The molecule has 2 heterocycles. The third-order valence-electron chi connectivity index (χ3n) is 4.83. The maximum absolute atomic E-state index is 12.4. The molecule has 2 N–H and O–H groups in total. The zero-order valence-electron chi connectivity index (χ0n) is 15.7. The summed E-state index contributed by atoms with van der Waals surface area (Å²) in [6.07, 6.45) is 2.09. The van der Waals surface area contributed by atoms with E-state index in [1.165, 1.54) is 0 Å². The number of benzene rings is 1. The van der Waals surface area contributed by atoms with Crippen molar-refractivity contribution in [2.24, 2.45) is 0 Å². The molecule has 1 aliphatic rings. The van der Waals surface area contributed by atoms with E-state index in [9.17, 15) is 4.79 Å². The number of hydrogen-bond donors (Lipinski definition) is 2. The van der Waals surface area contributed by atoms with Gasteiger partial charge in [-0.05, 0) is 38.4 Å². The number of ether oxygens (including phenoxy) is 1. The molecule has 0 aliphatic carbocycles. The SMILES string of the molecule is C[C@@H](NC(=O)N(C)CCCCN1CCOCC1)c1nc2ccccc2[nH]1. The number of unbranched alkanes of at least 4 members (excludes halogenated alkanes) is 1. The number of nitrogens with one attached hydrogen (secondary N) is 2. The molecule has 1 aromatic carbocycles. The Kier molecular flexibility index (Phi) is 6.46. The predicted octanol–water partition coefficient (Wildman–Crippen LogP) is 2.38. The standard InChI is InChI=1S/C19H29N5O2/c1-15(18-21-16-7-3-4-8-17(16)22-18)20-19(25)23(2)9-5-6-10-24-11-13-26-14-12-24/h3-4,7-8,15H,5-6,9-14H2,1-2H3,(H,20,25)(H,21,22)/t15-/m1/s1. The number of fused-ring (bicyclic) bond motifs is 1.